The Morgan fingerprint density at radius 2 is 1.86 bits per heavy atom. The van der Waals surface area contributed by atoms with Crippen molar-refractivity contribution in [2.24, 2.45) is 0 Å². The smallest absolute Gasteiger partial charge is 0.370 e. The fourth-order valence-corrected chi connectivity index (χ4v) is 5.71. The van der Waals surface area contributed by atoms with Crippen LogP contribution in [0.1, 0.15) is 24.0 Å². The molecule has 1 saturated heterocycles. The molecule has 13 heteroatoms. The lowest BCUT2D eigenvalue weighted by molar-refractivity contribution is -0.139. The monoisotopic (exact) mass is 529 g/mol. The minimum absolute atomic E-state index is 0.131. The molecule has 0 bridgehead atoms. The maximum Gasteiger partial charge on any atom is 0.421 e. The highest BCUT2D eigenvalue weighted by Gasteiger charge is 2.42. The number of halogens is 4. The van der Waals surface area contributed by atoms with Crippen LogP contribution >= 0.6 is 11.3 Å². The fraction of sp³-hybridized carbons (Fsp3) is 0.364. The predicted octanol–water partition coefficient (Wildman–Crippen LogP) is 4.60. The minimum atomic E-state index is -5.13. The average Bonchev–Trinajstić information content (AvgIpc) is 3.31. The van der Waals surface area contributed by atoms with Gasteiger partial charge in [0.1, 0.15) is 5.56 Å². The van der Waals surface area contributed by atoms with Crippen molar-refractivity contribution in [3.63, 3.8) is 0 Å². The number of piperidine rings is 1. The van der Waals surface area contributed by atoms with E-state index in [4.69, 9.17) is 0 Å². The second-order valence-electron chi connectivity index (χ2n) is 8.22. The number of nitrogens with one attached hydrogen (secondary N) is 1. The summed E-state index contributed by atoms with van der Waals surface area (Å²) in [7, 11) is -3.27. The van der Waals surface area contributed by atoms with E-state index in [9.17, 15) is 21.6 Å². The summed E-state index contributed by atoms with van der Waals surface area (Å²) in [5, 5.41) is -0.000422. The molecule has 1 aliphatic rings. The van der Waals surface area contributed by atoms with Crippen molar-refractivity contribution in [3.8, 4) is 0 Å². The normalized spacial score (nSPS) is 15.8. The third-order valence-corrected chi connectivity index (χ3v) is 7.77. The van der Waals surface area contributed by atoms with Crippen LogP contribution in [0, 0.1) is 5.82 Å². The van der Waals surface area contributed by atoms with Crippen molar-refractivity contribution in [1.29, 1.82) is 0 Å². The zero-order chi connectivity index (χ0) is 25.2. The quantitative estimate of drug-likeness (QED) is 0.451. The molecule has 1 N–H and O–H groups in total. The third-order valence-electron chi connectivity index (χ3n) is 5.91. The van der Waals surface area contributed by atoms with Gasteiger partial charge < -0.3 is 4.90 Å². The molecule has 0 saturated carbocycles. The van der Waals surface area contributed by atoms with E-state index in [0.29, 0.717) is 25.9 Å². The summed E-state index contributed by atoms with van der Waals surface area (Å²) in [6.07, 6.45) is -3.23. The molecule has 0 unspecified atom stereocenters. The Bertz CT molecular complexity index is 1250. The third kappa shape index (κ3) is 5.73. The Morgan fingerprint density at radius 1 is 1.17 bits per heavy atom. The number of likely N-dealkylation sites (tertiary alicyclic amines) is 1. The van der Waals surface area contributed by atoms with Crippen LogP contribution in [-0.4, -0.2) is 49.5 Å². The highest BCUT2D eigenvalue weighted by molar-refractivity contribution is 7.92. The van der Waals surface area contributed by atoms with Gasteiger partial charge in [0.15, 0.2) is 11.6 Å². The Balaban J connectivity index is 1.56. The largest absolute Gasteiger partial charge is 0.421 e. The Morgan fingerprint density at radius 3 is 2.46 bits per heavy atom. The second-order valence-corrected chi connectivity index (χ2v) is 10.5. The van der Waals surface area contributed by atoms with Crippen LogP contribution in [0.2, 0.25) is 0 Å². The number of rotatable bonds is 7. The van der Waals surface area contributed by atoms with Gasteiger partial charge >= 0.3 is 6.18 Å². The highest BCUT2D eigenvalue weighted by atomic mass is 32.2. The molecule has 1 fully saturated rings. The first-order chi connectivity index (χ1) is 16.6. The van der Waals surface area contributed by atoms with Crippen LogP contribution in [0.25, 0.3) is 0 Å². The summed E-state index contributed by atoms with van der Waals surface area (Å²) in [5.41, 5.74) is 0.323. The van der Waals surface area contributed by atoms with E-state index in [0.717, 1.165) is 29.6 Å². The van der Waals surface area contributed by atoms with E-state index in [1.807, 2.05) is 35.1 Å². The van der Waals surface area contributed by atoms with Crippen molar-refractivity contribution in [1.82, 2.24) is 14.9 Å². The summed E-state index contributed by atoms with van der Waals surface area (Å²) >= 11 is 1.07. The van der Waals surface area contributed by atoms with E-state index in [2.05, 4.69) is 14.9 Å². The number of hydrogen-bond acceptors (Lipinski definition) is 7. The molecule has 3 aromatic rings. The molecule has 35 heavy (non-hydrogen) atoms. The van der Waals surface area contributed by atoms with Gasteiger partial charge in [0.05, 0.1) is 17.4 Å². The fourth-order valence-electron chi connectivity index (χ4n) is 4.14. The molecule has 2 aromatic heterocycles. The van der Waals surface area contributed by atoms with Gasteiger partial charge in [-0.25, -0.2) is 14.4 Å². The summed E-state index contributed by atoms with van der Waals surface area (Å²) < 4.78 is 84.0. The second kappa shape index (κ2) is 10.1. The van der Waals surface area contributed by atoms with E-state index >= 15 is 4.39 Å². The maximum absolute atomic E-state index is 15.1. The van der Waals surface area contributed by atoms with Crippen LogP contribution in [0.15, 0.2) is 52.4 Å². The lowest BCUT2D eigenvalue weighted by Crippen LogP contribution is -2.44. The zero-order valence-electron chi connectivity index (χ0n) is 18.7. The van der Waals surface area contributed by atoms with Crippen molar-refractivity contribution in [3.05, 3.63) is 64.4 Å². The Kier molecular flexibility index (Phi) is 7.29. The van der Waals surface area contributed by atoms with Gasteiger partial charge in [0.25, 0.3) is 10.0 Å². The van der Waals surface area contributed by atoms with Gasteiger partial charge in [-0.05, 0) is 18.4 Å². The average molecular weight is 530 g/mol. The van der Waals surface area contributed by atoms with Crippen LogP contribution in [0.3, 0.4) is 0 Å². The highest BCUT2D eigenvalue weighted by Crippen LogP contribution is 2.41. The van der Waals surface area contributed by atoms with Gasteiger partial charge in [-0.2, -0.15) is 21.6 Å². The molecule has 0 atom stereocenters. The first-order valence-electron chi connectivity index (χ1n) is 10.7. The molecule has 0 aliphatic carbocycles. The van der Waals surface area contributed by atoms with Crippen molar-refractivity contribution >= 4 is 32.9 Å². The molecular formula is C22H23F4N5O2S2. The van der Waals surface area contributed by atoms with E-state index in [1.54, 1.807) is 0 Å². The van der Waals surface area contributed by atoms with E-state index in [1.165, 1.54) is 22.8 Å². The first kappa shape index (κ1) is 25.3. The molecule has 188 valence electrons. The number of aromatic nitrogens is 2. The number of alkyl halides is 3. The molecule has 1 aliphatic heterocycles. The van der Waals surface area contributed by atoms with E-state index in [-0.39, 0.29) is 11.9 Å². The first-order valence-corrected chi connectivity index (χ1v) is 13.1. The standard InChI is InChI=1S/C22H23F4N5O2S2/c1-30(16-7-9-31(10-8-16)12-15-5-3-2-4-6-15)17-11-27-21(20(23)19(17)22(24,25)26)35(32,33)29-18-13-34-14-28-18/h2-6,11,13-14,16,29H,7-10,12H2,1H3. The molecule has 1 aromatic carbocycles. The summed E-state index contributed by atoms with van der Waals surface area (Å²) in [6.45, 7) is 2.05. The number of hydrogen-bond donors (Lipinski definition) is 1. The number of benzene rings is 1. The lowest BCUT2D eigenvalue weighted by atomic mass is 10.0. The number of thiazole rings is 1. The Labute approximate surface area is 204 Å². The van der Waals surface area contributed by atoms with Crippen molar-refractivity contribution < 1.29 is 26.0 Å². The number of anilines is 2. The summed E-state index contributed by atoms with van der Waals surface area (Å²) in [4.78, 5) is 10.9. The van der Waals surface area contributed by atoms with Gasteiger partial charge in [-0.3, -0.25) is 9.62 Å². The maximum atomic E-state index is 15.1. The Hall–Kier alpha value is -2.77. The number of nitrogens with zero attached hydrogens (tertiary/aromatic N) is 4. The lowest BCUT2D eigenvalue weighted by Gasteiger charge is -2.38. The SMILES string of the molecule is CN(c1cnc(S(=O)(=O)Nc2cscn2)c(F)c1C(F)(F)F)C1CCN(Cc2ccccc2)CC1. The summed E-state index contributed by atoms with van der Waals surface area (Å²) in [5.74, 6) is -2.07. The molecule has 4 rings (SSSR count). The van der Waals surface area contributed by atoms with Crippen molar-refractivity contribution in [2.45, 2.75) is 36.6 Å². The van der Waals surface area contributed by atoms with Crippen LogP contribution < -0.4 is 9.62 Å². The summed E-state index contributed by atoms with van der Waals surface area (Å²) in [6, 6.07) is 9.57. The van der Waals surface area contributed by atoms with E-state index < -0.39 is 38.3 Å². The van der Waals surface area contributed by atoms with Gasteiger partial charge in [0, 0.05) is 38.1 Å². The molecule has 0 spiro atoms. The zero-order valence-corrected chi connectivity index (χ0v) is 20.3. The van der Waals surface area contributed by atoms with Gasteiger partial charge in [0.2, 0.25) is 5.03 Å². The molecule has 3 heterocycles. The van der Waals surface area contributed by atoms with Crippen LogP contribution in [-0.2, 0) is 22.7 Å². The van der Waals surface area contributed by atoms with Crippen LogP contribution in [0.4, 0.5) is 29.1 Å². The topological polar surface area (TPSA) is 78.4 Å². The molecule has 0 radical (unpaired) electrons. The van der Waals surface area contributed by atoms with Crippen molar-refractivity contribution in [2.75, 3.05) is 29.8 Å². The molecule has 0 amide bonds. The predicted molar refractivity (Wildman–Crippen MR) is 125 cm³/mol. The molecule has 7 nitrogen and oxygen atoms in total. The number of sulfonamides is 1. The van der Waals surface area contributed by atoms with Gasteiger partial charge in [-0.15, -0.1) is 11.3 Å². The number of pyridine rings is 1. The minimum Gasteiger partial charge on any atom is -0.370 e. The van der Waals surface area contributed by atoms with Gasteiger partial charge in [-0.1, -0.05) is 30.3 Å². The van der Waals surface area contributed by atoms with Crippen LogP contribution in [0.5, 0.6) is 0 Å². The molecular weight excluding hydrogens is 506 g/mol.